The van der Waals surface area contributed by atoms with E-state index in [1.165, 1.54) is 0 Å². The highest BCUT2D eigenvalue weighted by Crippen LogP contribution is 2.40. The van der Waals surface area contributed by atoms with Gasteiger partial charge in [0.15, 0.2) is 0 Å². The minimum absolute atomic E-state index is 0.464. The highest BCUT2D eigenvalue weighted by Gasteiger charge is 2.25. The molecule has 0 saturated heterocycles. The Morgan fingerprint density at radius 2 is 1.83 bits per heavy atom. The van der Waals surface area contributed by atoms with Gasteiger partial charge in [0, 0.05) is 17.7 Å². The van der Waals surface area contributed by atoms with E-state index in [1.54, 1.807) is 7.11 Å². The molecule has 1 aliphatic carbocycles. The molecule has 3 rings (SSSR count). The van der Waals surface area contributed by atoms with Gasteiger partial charge in [-0.25, -0.2) is 0 Å². The normalized spacial score (nSPS) is 17.9. The molecule has 0 unspecified atom stereocenters. The summed E-state index contributed by atoms with van der Waals surface area (Å²) in [6.45, 7) is 1.98. The molecule has 0 heterocycles. The molecular weight excluding hydrogens is 286 g/mol. The number of hydrogen-bond donors (Lipinski definition) is 2. The van der Waals surface area contributed by atoms with Gasteiger partial charge < -0.3 is 15.6 Å². The van der Waals surface area contributed by atoms with E-state index in [9.17, 15) is 5.11 Å². The predicted molar refractivity (Wildman–Crippen MR) is 94.6 cm³/mol. The Hall–Kier alpha value is -2.52. The van der Waals surface area contributed by atoms with E-state index in [2.05, 4.69) is 12.1 Å². The van der Waals surface area contributed by atoms with Gasteiger partial charge in [0.2, 0.25) is 0 Å². The van der Waals surface area contributed by atoms with Crippen LogP contribution in [0.1, 0.15) is 18.9 Å². The van der Waals surface area contributed by atoms with Crippen LogP contribution in [0, 0.1) is 0 Å². The van der Waals surface area contributed by atoms with Crippen molar-refractivity contribution in [2.24, 2.45) is 0 Å². The van der Waals surface area contributed by atoms with Crippen molar-refractivity contribution < 1.29 is 9.84 Å². The average molecular weight is 307 g/mol. The zero-order chi connectivity index (χ0) is 16.4. The molecular formula is C20H21NO2. The molecule has 3 heteroatoms. The zero-order valence-electron chi connectivity index (χ0n) is 13.4. The Balaban J connectivity index is 2.23. The maximum absolute atomic E-state index is 10.7. The SMILES string of the molecule is COC1=CC(C)=C(c2c(N)cccc2-c2ccccc2)[C@H](O)C1. The summed E-state index contributed by atoms with van der Waals surface area (Å²) in [6.07, 6.45) is 1.82. The van der Waals surface area contributed by atoms with Crippen molar-refractivity contribution >= 4 is 11.3 Å². The minimum atomic E-state index is -0.623. The molecule has 0 aromatic heterocycles. The summed E-state index contributed by atoms with van der Waals surface area (Å²) in [5, 5.41) is 10.7. The number of rotatable bonds is 3. The lowest BCUT2D eigenvalue weighted by Crippen LogP contribution is -2.18. The van der Waals surface area contributed by atoms with Crippen LogP contribution in [0.25, 0.3) is 16.7 Å². The van der Waals surface area contributed by atoms with Crippen molar-refractivity contribution in [3.05, 3.63) is 71.5 Å². The minimum Gasteiger partial charge on any atom is -0.501 e. The average Bonchev–Trinajstić information content (AvgIpc) is 2.56. The van der Waals surface area contributed by atoms with Gasteiger partial charge in [0.25, 0.3) is 0 Å². The number of aliphatic hydroxyl groups excluding tert-OH is 1. The molecule has 1 atom stereocenters. The number of aliphatic hydroxyl groups is 1. The van der Waals surface area contributed by atoms with Crippen LogP contribution in [0.2, 0.25) is 0 Å². The smallest absolute Gasteiger partial charge is 0.0987 e. The van der Waals surface area contributed by atoms with E-state index < -0.39 is 6.10 Å². The van der Waals surface area contributed by atoms with Gasteiger partial charge in [-0.3, -0.25) is 0 Å². The van der Waals surface area contributed by atoms with Gasteiger partial charge in [-0.1, -0.05) is 42.5 Å². The molecule has 0 aliphatic heterocycles. The van der Waals surface area contributed by atoms with Gasteiger partial charge in [0.05, 0.1) is 19.0 Å². The van der Waals surface area contributed by atoms with Gasteiger partial charge >= 0.3 is 0 Å². The fourth-order valence-electron chi connectivity index (χ4n) is 3.17. The summed E-state index contributed by atoms with van der Waals surface area (Å²) in [7, 11) is 1.63. The Labute approximate surface area is 136 Å². The van der Waals surface area contributed by atoms with Crippen molar-refractivity contribution in [2.45, 2.75) is 19.4 Å². The summed E-state index contributed by atoms with van der Waals surface area (Å²) in [5.74, 6) is 0.787. The number of nitrogen functional groups attached to an aromatic ring is 1. The van der Waals surface area contributed by atoms with Gasteiger partial charge in [0.1, 0.15) is 0 Å². The van der Waals surface area contributed by atoms with E-state index in [0.717, 1.165) is 33.6 Å². The van der Waals surface area contributed by atoms with Crippen LogP contribution < -0.4 is 5.73 Å². The van der Waals surface area contributed by atoms with Crippen LogP contribution in [0.15, 0.2) is 65.9 Å². The summed E-state index contributed by atoms with van der Waals surface area (Å²) in [5.41, 5.74) is 11.9. The highest BCUT2D eigenvalue weighted by molar-refractivity contribution is 5.91. The monoisotopic (exact) mass is 307 g/mol. The van der Waals surface area contributed by atoms with E-state index in [4.69, 9.17) is 10.5 Å². The Morgan fingerprint density at radius 1 is 1.09 bits per heavy atom. The molecule has 118 valence electrons. The number of allylic oxidation sites excluding steroid dienone is 2. The molecule has 1 aliphatic rings. The number of ether oxygens (including phenoxy) is 1. The molecule has 0 radical (unpaired) electrons. The number of hydrogen-bond acceptors (Lipinski definition) is 3. The lowest BCUT2D eigenvalue weighted by atomic mass is 9.84. The first-order valence-electron chi connectivity index (χ1n) is 7.69. The number of benzene rings is 2. The first kappa shape index (κ1) is 15.4. The molecule has 2 aromatic rings. The molecule has 2 aromatic carbocycles. The summed E-state index contributed by atoms with van der Waals surface area (Å²) in [6, 6.07) is 16.0. The van der Waals surface area contributed by atoms with E-state index >= 15 is 0 Å². The Morgan fingerprint density at radius 3 is 2.48 bits per heavy atom. The second-order valence-corrected chi connectivity index (χ2v) is 5.77. The van der Waals surface area contributed by atoms with Crippen molar-refractivity contribution in [2.75, 3.05) is 12.8 Å². The van der Waals surface area contributed by atoms with Crippen LogP contribution in [0.5, 0.6) is 0 Å². The van der Waals surface area contributed by atoms with Crippen LogP contribution in [0.4, 0.5) is 5.69 Å². The largest absolute Gasteiger partial charge is 0.501 e. The summed E-state index contributed by atoms with van der Waals surface area (Å²) >= 11 is 0. The van der Waals surface area contributed by atoms with Crippen molar-refractivity contribution in [3.8, 4) is 11.1 Å². The lowest BCUT2D eigenvalue weighted by molar-refractivity contribution is 0.188. The van der Waals surface area contributed by atoms with Crippen LogP contribution in [-0.4, -0.2) is 18.3 Å². The van der Waals surface area contributed by atoms with E-state index in [0.29, 0.717) is 12.1 Å². The molecule has 0 bridgehead atoms. The van der Waals surface area contributed by atoms with Crippen LogP contribution >= 0.6 is 0 Å². The maximum atomic E-state index is 10.7. The molecule has 0 saturated carbocycles. The van der Waals surface area contributed by atoms with Crippen LogP contribution in [-0.2, 0) is 4.74 Å². The van der Waals surface area contributed by atoms with Crippen molar-refractivity contribution in [1.82, 2.24) is 0 Å². The topological polar surface area (TPSA) is 55.5 Å². The summed E-state index contributed by atoms with van der Waals surface area (Å²) < 4.78 is 5.30. The standard InChI is InChI=1S/C20H21NO2/c1-13-11-15(23-2)12-18(22)19(13)20-16(9-6-10-17(20)21)14-7-4-3-5-8-14/h3-11,18,22H,12,21H2,1-2H3/t18-/m1/s1. The second-order valence-electron chi connectivity index (χ2n) is 5.77. The third-order valence-electron chi connectivity index (χ3n) is 4.24. The number of nitrogens with two attached hydrogens (primary N) is 1. The van der Waals surface area contributed by atoms with Crippen LogP contribution in [0.3, 0.4) is 0 Å². The summed E-state index contributed by atoms with van der Waals surface area (Å²) in [4.78, 5) is 0. The quantitative estimate of drug-likeness (QED) is 0.843. The van der Waals surface area contributed by atoms with Gasteiger partial charge in [-0.15, -0.1) is 0 Å². The fourth-order valence-corrected chi connectivity index (χ4v) is 3.17. The maximum Gasteiger partial charge on any atom is 0.0987 e. The second kappa shape index (κ2) is 6.31. The fraction of sp³-hybridized carbons (Fsp3) is 0.200. The first-order chi connectivity index (χ1) is 11.1. The lowest BCUT2D eigenvalue weighted by Gasteiger charge is -2.26. The van der Waals surface area contributed by atoms with Crippen molar-refractivity contribution in [3.63, 3.8) is 0 Å². The molecule has 23 heavy (non-hydrogen) atoms. The van der Waals surface area contributed by atoms with Gasteiger partial charge in [-0.05, 0) is 41.3 Å². The molecule has 0 amide bonds. The molecule has 3 nitrogen and oxygen atoms in total. The predicted octanol–water partition coefficient (Wildman–Crippen LogP) is 4.00. The third-order valence-corrected chi connectivity index (χ3v) is 4.24. The third kappa shape index (κ3) is 2.88. The van der Waals surface area contributed by atoms with Gasteiger partial charge in [-0.2, -0.15) is 0 Å². The molecule has 0 fully saturated rings. The Bertz CT molecular complexity index is 775. The molecule has 3 N–H and O–H groups in total. The Kier molecular flexibility index (Phi) is 4.22. The highest BCUT2D eigenvalue weighted by atomic mass is 16.5. The number of methoxy groups -OCH3 is 1. The van der Waals surface area contributed by atoms with E-state index in [1.807, 2.05) is 49.4 Å². The van der Waals surface area contributed by atoms with Crippen molar-refractivity contribution in [1.29, 1.82) is 0 Å². The number of anilines is 1. The zero-order valence-corrected chi connectivity index (χ0v) is 13.4. The first-order valence-corrected chi connectivity index (χ1v) is 7.69. The molecule has 0 spiro atoms. The van der Waals surface area contributed by atoms with E-state index in [-0.39, 0.29) is 0 Å².